The van der Waals surface area contributed by atoms with Gasteiger partial charge in [-0.05, 0) is 54.3 Å². The van der Waals surface area contributed by atoms with Crippen molar-refractivity contribution in [3.63, 3.8) is 0 Å². The summed E-state index contributed by atoms with van der Waals surface area (Å²) in [4.78, 5) is 36.8. The zero-order valence-electron chi connectivity index (χ0n) is 17.2. The number of cyclic esters (lactones) is 1. The average Bonchev–Trinajstić information content (AvgIpc) is 3.21. The number of anilines is 2. The first-order valence-electron chi connectivity index (χ1n) is 10.4. The summed E-state index contributed by atoms with van der Waals surface area (Å²) in [6.45, 7) is 1.76. The van der Waals surface area contributed by atoms with E-state index in [2.05, 4.69) is 10.6 Å². The average molecular weight is 423 g/mol. The molecule has 0 atom stereocenters. The molecular formula is C23H25N3O5. The van der Waals surface area contributed by atoms with Gasteiger partial charge in [-0.3, -0.25) is 14.5 Å². The Morgan fingerprint density at radius 3 is 2.90 bits per heavy atom. The van der Waals surface area contributed by atoms with Gasteiger partial charge in [-0.15, -0.1) is 0 Å². The van der Waals surface area contributed by atoms with Gasteiger partial charge in [0.2, 0.25) is 11.8 Å². The lowest BCUT2D eigenvalue weighted by atomic mass is 10.0. The van der Waals surface area contributed by atoms with Crippen molar-refractivity contribution in [3.05, 3.63) is 53.6 Å². The van der Waals surface area contributed by atoms with Crippen molar-refractivity contribution in [1.29, 1.82) is 0 Å². The maximum absolute atomic E-state index is 12.2. The normalized spacial score (nSPS) is 15.2. The third kappa shape index (κ3) is 5.33. The Labute approximate surface area is 180 Å². The van der Waals surface area contributed by atoms with E-state index in [-0.39, 0.29) is 17.9 Å². The highest BCUT2D eigenvalue weighted by molar-refractivity contribution is 5.94. The number of carbonyl (C=O) groups excluding carboxylic acids is 3. The summed E-state index contributed by atoms with van der Waals surface area (Å²) in [7, 11) is 0. The molecule has 0 unspecified atom stereocenters. The summed E-state index contributed by atoms with van der Waals surface area (Å²) >= 11 is 0. The van der Waals surface area contributed by atoms with Crippen molar-refractivity contribution >= 4 is 29.3 Å². The van der Waals surface area contributed by atoms with Gasteiger partial charge in [-0.1, -0.05) is 12.1 Å². The molecule has 4 rings (SSSR count). The topological polar surface area (TPSA) is 97.0 Å². The van der Waals surface area contributed by atoms with Crippen LogP contribution in [0.25, 0.3) is 0 Å². The summed E-state index contributed by atoms with van der Waals surface area (Å²) in [5.74, 6) is 0.729. The maximum Gasteiger partial charge on any atom is 0.414 e. The first-order valence-corrected chi connectivity index (χ1v) is 10.4. The van der Waals surface area contributed by atoms with Crippen LogP contribution in [-0.2, 0) is 27.3 Å². The molecule has 1 fully saturated rings. The molecule has 2 aromatic rings. The van der Waals surface area contributed by atoms with Crippen molar-refractivity contribution in [2.75, 3.05) is 30.0 Å². The Bertz CT molecular complexity index is 991. The largest absolute Gasteiger partial charge is 0.494 e. The summed E-state index contributed by atoms with van der Waals surface area (Å²) in [6, 6.07) is 13.1. The fourth-order valence-corrected chi connectivity index (χ4v) is 3.62. The Morgan fingerprint density at radius 2 is 2.06 bits per heavy atom. The van der Waals surface area contributed by atoms with Crippen LogP contribution in [0.15, 0.2) is 42.5 Å². The van der Waals surface area contributed by atoms with Crippen LogP contribution in [0.4, 0.5) is 16.2 Å². The lowest BCUT2D eigenvalue weighted by Crippen LogP contribution is -2.25. The van der Waals surface area contributed by atoms with Crippen LogP contribution in [0.1, 0.15) is 30.4 Å². The molecule has 2 heterocycles. The van der Waals surface area contributed by atoms with E-state index in [1.54, 1.807) is 4.90 Å². The molecule has 2 N–H and O–H groups in total. The minimum absolute atomic E-state index is 0.0393. The number of carbonyl (C=O) groups is 3. The Balaban J connectivity index is 1.18. The number of nitrogens with zero attached hydrogens (tertiary/aromatic N) is 1. The number of fused-ring (bicyclic) bond motifs is 1. The number of rotatable bonds is 8. The summed E-state index contributed by atoms with van der Waals surface area (Å²) < 4.78 is 10.7. The van der Waals surface area contributed by atoms with E-state index in [0.29, 0.717) is 52.0 Å². The monoisotopic (exact) mass is 423 g/mol. The SMILES string of the molecule is O=C(CCCOc1ccc2c(c1)CCC(=O)N2)NCc1cccc(N2CCOC2=O)c1. The van der Waals surface area contributed by atoms with Crippen molar-refractivity contribution in [2.24, 2.45) is 0 Å². The van der Waals surface area contributed by atoms with Crippen LogP contribution in [0.3, 0.4) is 0 Å². The molecule has 1 saturated heterocycles. The fraction of sp³-hybridized carbons (Fsp3) is 0.348. The maximum atomic E-state index is 12.2. The van der Waals surface area contributed by atoms with Crippen LogP contribution >= 0.6 is 0 Å². The first-order chi connectivity index (χ1) is 15.1. The predicted octanol–water partition coefficient (Wildman–Crippen LogP) is 3.00. The summed E-state index contributed by atoms with van der Waals surface area (Å²) in [6.07, 6.45) is 1.81. The van der Waals surface area contributed by atoms with Crippen LogP contribution in [0.5, 0.6) is 5.75 Å². The second kappa shape index (κ2) is 9.51. The van der Waals surface area contributed by atoms with E-state index in [4.69, 9.17) is 9.47 Å². The van der Waals surface area contributed by atoms with Gasteiger partial charge in [0.05, 0.1) is 13.2 Å². The second-order valence-corrected chi connectivity index (χ2v) is 7.53. The number of amides is 3. The fourth-order valence-electron chi connectivity index (χ4n) is 3.62. The molecule has 2 aromatic carbocycles. The predicted molar refractivity (Wildman–Crippen MR) is 115 cm³/mol. The molecule has 0 spiro atoms. The molecule has 0 radical (unpaired) electrons. The van der Waals surface area contributed by atoms with Crippen LogP contribution < -0.4 is 20.3 Å². The molecule has 0 saturated carbocycles. The van der Waals surface area contributed by atoms with Gasteiger partial charge in [0.25, 0.3) is 0 Å². The lowest BCUT2D eigenvalue weighted by Gasteiger charge is -2.17. The van der Waals surface area contributed by atoms with Gasteiger partial charge in [0.1, 0.15) is 12.4 Å². The summed E-state index contributed by atoms with van der Waals surface area (Å²) in [5.41, 5.74) is 3.60. The number of hydrogen-bond donors (Lipinski definition) is 2. The quantitative estimate of drug-likeness (QED) is 0.636. The highest BCUT2D eigenvalue weighted by atomic mass is 16.6. The van der Waals surface area contributed by atoms with E-state index in [0.717, 1.165) is 28.3 Å². The molecule has 0 aromatic heterocycles. The minimum atomic E-state index is -0.343. The van der Waals surface area contributed by atoms with Gasteiger partial charge in [0.15, 0.2) is 0 Å². The molecule has 31 heavy (non-hydrogen) atoms. The molecule has 162 valence electrons. The zero-order chi connectivity index (χ0) is 21.6. The number of ether oxygens (including phenoxy) is 2. The Kier molecular flexibility index (Phi) is 6.35. The number of hydrogen-bond acceptors (Lipinski definition) is 5. The van der Waals surface area contributed by atoms with Crippen molar-refractivity contribution in [1.82, 2.24) is 5.32 Å². The van der Waals surface area contributed by atoms with E-state index in [9.17, 15) is 14.4 Å². The third-order valence-electron chi connectivity index (χ3n) is 5.26. The van der Waals surface area contributed by atoms with Crippen LogP contribution in [0, 0.1) is 0 Å². The van der Waals surface area contributed by atoms with Crippen molar-refractivity contribution < 1.29 is 23.9 Å². The standard InChI is InChI=1S/C23H25N3O5/c27-21(24-15-16-3-1-4-18(13-16)26-10-12-31-23(26)29)5-2-11-30-19-7-8-20-17(14-19)6-9-22(28)25-20/h1,3-4,7-8,13-14H,2,5-6,9-12,15H2,(H,24,27)(H,25,28). The molecule has 3 amide bonds. The second-order valence-electron chi connectivity index (χ2n) is 7.53. The van der Waals surface area contributed by atoms with Crippen LogP contribution in [0.2, 0.25) is 0 Å². The van der Waals surface area contributed by atoms with Crippen molar-refractivity contribution in [2.45, 2.75) is 32.2 Å². The highest BCUT2D eigenvalue weighted by Crippen LogP contribution is 2.27. The van der Waals surface area contributed by atoms with Gasteiger partial charge >= 0.3 is 6.09 Å². The van der Waals surface area contributed by atoms with Gasteiger partial charge in [0, 0.05) is 30.8 Å². The number of benzene rings is 2. The highest BCUT2D eigenvalue weighted by Gasteiger charge is 2.23. The Morgan fingerprint density at radius 1 is 1.16 bits per heavy atom. The minimum Gasteiger partial charge on any atom is -0.494 e. The van der Waals surface area contributed by atoms with Gasteiger partial charge < -0.3 is 20.1 Å². The Hall–Kier alpha value is -3.55. The lowest BCUT2D eigenvalue weighted by molar-refractivity contribution is -0.121. The first kappa shape index (κ1) is 20.7. The molecule has 2 aliphatic heterocycles. The number of aryl methyl sites for hydroxylation is 1. The smallest absolute Gasteiger partial charge is 0.414 e. The summed E-state index contributed by atoms with van der Waals surface area (Å²) in [5, 5.41) is 5.75. The van der Waals surface area contributed by atoms with E-state index in [1.807, 2.05) is 42.5 Å². The molecule has 2 aliphatic rings. The molecular weight excluding hydrogens is 398 g/mol. The van der Waals surface area contributed by atoms with E-state index in [1.165, 1.54) is 0 Å². The van der Waals surface area contributed by atoms with E-state index >= 15 is 0 Å². The third-order valence-corrected chi connectivity index (χ3v) is 5.26. The van der Waals surface area contributed by atoms with E-state index < -0.39 is 0 Å². The van der Waals surface area contributed by atoms with Crippen LogP contribution in [-0.4, -0.2) is 37.7 Å². The van der Waals surface area contributed by atoms with Gasteiger partial charge in [-0.2, -0.15) is 0 Å². The molecule has 8 nitrogen and oxygen atoms in total. The molecule has 8 heteroatoms. The van der Waals surface area contributed by atoms with Gasteiger partial charge in [-0.25, -0.2) is 4.79 Å². The number of nitrogens with one attached hydrogen (secondary N) is 2. The van der Waals surface area contributed by atoms with Crippen molar-refractivity contribution in [3.8, 4) is 5.75 Å². The molecule has 0 bridgehead atoms. The zero-order valence-corrected chi connectivity index (χ0v) is 17.2. The molecule has 0 aliphatic carbocycles.